The first kappa shape index (κ1) is 27.1. The molecule has 0 aromatic heterocycles. The van der Waals surface area contributed by atoms with Crippen LogP contribution in [0, 0.1) is 18.3 Å². The number of allylic oxidation sites excluding steroid dienone is 1. The normalized spacial score (nSPS) is 19.4. The van der Waals surface area contributed by atoms with Gasteiger partial charge in [0.2, 0.25) is 5.91 Å². The molecule has 0 bridgehead atoms. The second-order valence-corrected chi connectivity index (χ2v) is 12.9. The van der Waals surface area contributed by atoms with Crippen molar-refractivity contribution in [2.75, 3.05) is 4.90 Å². The van der Waals surface area contributed by atoms with Gasteiger partial charge in [0, 0.05) is 28.7 Å². The fourth-order valence-corrected chi connectivity index (χ4v) is 5.56. The first-order chi connectivity index (χ1) is 18.5. The van der Waals surface area contributed by atoms with Gasteiger partial charge in [0.25, 0.3) is 0 Å². The Labute approximate surface area is 234 Å². The van der Waals surface area contributed by atoms with E-state index in [1.54, 1.807) is 0 Å². The van der Waals surface area contributed by atoms with Crippen LogP contribution in [-0.2, 0) is 16.8 Å². The van der Waals surface area contributed by atoms with Gasteiger partial charge in [0.05, 0.1) is 18.3 Å². The minimum Gasteiger partial charge on any atom is -0.307 e. The Kier molecular flexibility index (Phi) is 7.13. The van der Waals surface area contributed by atoms with E-state index in [1.807, 2.05) is 38.0 Å². The first-order valence-corrected chi connectivity index (χ1v) is 14.4. The van der Waals surface area contributed by atoms with Crippen LogP contribution >= 0.6 is 0 Å². The molecule has 39 heavy (non-hydrogen) atoms. The fourth-order valence-electron chi connectivity index (χ4n) is 5.56. The molecular weight excluding hydrogens is 476 g/mol. The minimum atomic E-state index is -0.444. The number of dihydropyridines is 1. The van der Waals surface area contributed by atoms with Crippen molar-refractivity contribution in [2.24, 2.45) is 16.3 Å². The molecule has 2 unspecified atom stereocenters. The molecule has 3 aromatic rings. The molecule has 2 heterocycles. The third kappa shape index (κ3) is 5.37. The highest BCUT2D eigenvalue weighted by Crippen LogP contribution is 2.52. The number of benzene rings is 3. The van der Waals surface area contributed by atoms with Crippen molar-refractivity contribution < 1.29 is 4.79 Å². The number of nitrogens with zero attached hydrogens (tertiary/aromatic N) is 2. The molecule has 3 aromatic carbocycles. The maximum absolute atomic E-state index is 13.4. The van der Waals surface area contributed by atoms with Gasteiger partial charge in [-0.1, -0.05) is 114 Å². The molecule has 1 fully saturated rings. The second-order valence-electron chi connectivity index (χ2n) is 12.9. The Morgan fingerprint density at radius 2 is 1.54 bits per heavy atom. The van der Waals surface area contributed by atoms with E-state index in [1.165, 1.54) is 39.8 Å². The predicted octanol–water partition coefficient (Wildman–Crippen LogP) is 8.65. The van der Waals surface area contributed by atoms with E-state index in [4.69, 9.17) is 4.99 Å². The quantitative estimate of drug-likeness (QED) is 0.334. The summed E-state index contributed by atoms with van der Waals surface area (Å²) in [6.45, 7) is 15.5. The monoisotopic (exact) mass is 518 g/mol. The van der Waals surface area contributed by atoms with E-state index >= 15 is 0 Å². The summed E-state index contributed by atoms with van der Waals surface area (Å²) >= 11 is 0. The SMILES string of the molecule is CC(C)(C)C(=O)N1Cc2ccccc2C2=C(C=NC3CC23)c2ccccc21.CCC(C)(C)c1ccc(C)cc1. The Morgan fingerprint density at radius 1 is 0.897 bits per heavy atom. The van der Waals surface area contributed by atoms with Crippen molar-refractivity contribution >= 4 is 29.0 Å². The molecule has 3 nitrogen and oxygen atoms in total. The van der Waals surface area contributed by atoms with Crippen LogP contribution in [0.25, 0.3) is 11.1 Å². The summed E-state index contributed by atoms with van der Waals surface area (Å²) in [4.78, 5) is 20.1. The minimum absolute atomic E-state index is 0.144. The fraction of sp³-hybridized carbons (Fsp3) is 0.389. The van der Waals surface area contributed by atoms with Crippen LogP contribution in [0.5, 0.6) is 0 Å². The molecule has 3 heteroatoms. The number of para-hydroxylation sites is 1. The van der Waals surface area contributed by atoms with Crippen LogP contribution in [-0.4, -0.2) is 18.2 Å². The first-order valence-electron chi connectivity index (χ1n) is 14.4. The van der Waals surface area contributed by atoms with E-state index in [0.717, 1.165) is 17.7 Å². The van der Waals surface area contributed by atoms with Crippen LogP contribution in [0.15, 0.2) is 77.8 Å². The molecule has 6 rings (SSSR count). The molecule has 1 saturated carbocycles. The zero-order valence-corrected chi connectivity index (χ0v) is 24.6. The van der Waals surface area contributed by atoms with Gasteiger partial charge in [0.15, 0.2) is 0 Å². The zero-order chi connectivity index (χ0) is 27.9. The van der Waals surface area contributed by atoms with Crippen molar-refractivity contribution in [3.63, 3.8) is 0 Å². The average Bonchev–Trinajstić information content (AvgIpc) is 3.70. The highest BCUT2D eigenvalue weighted by molar-refractivity contribution is 6.24. The van der Waals surface area contributed by atoms with Gasteiger partial charge < -0.3 is 4.90 Å². The smallest absolute Gasteiger partial charge is 0.232 e. The number of rotatable bonds is 2. The molecule has 0 spiro atoms. The van der Waals surface area contributed by atoms with Gasteiger partial charge in [-0.25, -0.2) is 0 Å². The number of aryl methyl sites for hydroxylation is 1. The maximum atomic E-state index is 13.4. The number of hydrogen-bond donors (Lipinski definition) is 0. The summed E-state index contributed by atoms with van der Waals surface area (Å²) in [6.07, 6.45) is 4.37. The number of amides is 1. The second kappa shape index (κ2) is 10.3. The van der Waals surface area contributed by atoms with Gasteiger partial charge in [0.1, 0.15) is 0 Å². The predicted molar refractivity (Wildman–Crippen MR) is 165 cm³/mol. The number of hydrogen-bond acceptors (Lipinski definition) is 2. The highest BCUT2D eigenvalue weighted by Gasteiger charge is 2.45. The molecule has 0 radical (unpaired) electrons. The largest absolute Gasteiger partial charge is 0.307 e. The van der Waals surface area contributed by atoms with E-state index in [2.05, 4.69) is 94.4 Å². The summed E-state index contributed by atoms with van der Waals surface area (Å²) in [7, 11) is 0. The Hall–Kier alpha value is -3.46. The summed E-state index contributed by atoms with van der Waals surface area (Å²) in [5.74, 6) is 0.662. The van der Waals surface area contributed by atoms with E-state index < -0.39 is 5.41 Å². The zero-order valence-electron chi connectivity index (χ0n) is 24.6. The molecular formula is C36H42N2O. The number of carbonyl (C=O) groups excluding carboxylic acids is 1. The van der Waals surface area contributed by atoms with Gasteiger partial charge in [-0.05, 0) is 53.5 Å². The Balaban J connectivity index is 0.000000217. The van der Waals surface area contributed by atoms with Crippen molar-refractivity contribution in [3.05, 3.63) is 101 Å². The van der Waals surface area contributed by atoms with Gasteiger partial charge in [-0.3, -0.25) is 9.79 Å². The molecule has 1 amide bonds. The van der Waals surface area contributed by atoms with Crippen molar-refractivity contribution in [1.29, 1.82) is 0 Å². The van der Waals surface area contributed by atoms with Crippen LogP contribution < -0.4 is 4.90 Å². The summed E-state index contributed by atoms with van der Waals surface area (Å²) in [5.41, 5.74) is 9.88. The molecule has 0 N–H and O–H groups in total. The molecule has 0 saturated heterocycles. The maximum Gasteiger partial charge on any atom is 0.232 e. The molecule has 202 valence electrons. The van der Waals surface area contributed by atoms with Crippen LogP contribution in [0.3, 0.4) is 0 Å². The third-order valence-electron chi connectivity index (χ3n) is 8.54. The van der Waals surface area contributed by atoms with Crippen molar-refractivity contribution in [3.8, 4) is 0 Å². The standard InChI is InChI=1S/C24H24N2O.C12H18/c1-24(2,3)23(27)26-14-15-8-4-5-9-16(15)22-18-12-20(18)25-13-19(22)17-10-6-7-11-21(17)26;1-5-12(3,4)11-8-6-10(2)7-9-11/h4-11,13,18,20H,12,14H2,1-3H3;6-9H,5H2,1-4H3. The van der Waals surface area contributed by atoms with Gasteiger partial charge in [-0.15, -0.1) is 0 Å². The molecule has 3 aliphatic rings. The third-order valence-corrected chi connectivity index (χ3v) is 8.54. The average molecular weight is 519 g/mol. The van der Waals surface area contributed by atoms with Crippen LogP contribution in [0.4, 0.5) is 5.69 Å². The number of aliphatic imine (C=N–C) groups is 1. The molecule has 1 aliphatic carbocycles. The van der Waals surface area contributed by atoms with E-state index in [-0.39, 0.29) is 5.91 Å². The number of fused-ring (bicyclic) bond motifs is 6. The summed E-state index contributed by atoms with van der Waals surface area (Å²) < 4.78 is 0. The topological polar surface area (TPSA) is 32.7 Å². The summed E-state index contributed by atoms with van der Waals surface area (Å²) in [5, 5.41) is 0. The Morgan fingerprint density at radius 3 is 2.21 bits per heavy atom. The lowest BCUT2D eigenvalue weighted by atomic mass is 9.82. The molecule has 2 atom stereocenters. The number of carbonyl (C=O) groups is 1. The van der Waals surface area contributed by atoms with Crippen molar-refractivity contribution in [1.82, 2.24) is 0 Å². The van der Waals surface area contributed by atoms with Gasteiger partial charge >= 0.3 is 0 Å². The van der Waals surface area contributed by atoms with E-state index in [9.17, 15) is 4.79 Å². The lowest BCUT2D eigenvalue weighted by Gasteiger charge is -2.34. The van der Waals surface area contributed by atoms with Crippen LogP contribution in [0.2, 0.25) is 0 Å². The number of anilines is 1. The highest BCUT2D eigenvalue weighted by atomic mass is 16.2. The van der Waals surface area contributed by atoms with E-state index in [0.29, 0.717) is 23.9 Å². The molecule has 2 aliphatic heterocycles. The van der Waals surface area contributed by atoms with Crippen molar-refractivity contribution in [2.45, 2.75) is 79.3 Å². The lowest BCUT2D eigenvalue weighted by molar-refractivity contribution is -0.125. The van der Waals surface area contributed by atoms with Crippen LogP contribution in [0.1, 0.15) is 82.2 Å². The summed E-state index contributed by atoms with van der Waals surface area (Å²) in [6, 6.07) is 26.1. The Bertz CT molecular complexity index is 1440. The van der Waals surface area contributed by atoms with Gasteiger partial charge in [-0.2, -0.15) is 0 Å². The lowest BCUT2D eigenvalue weighted by Crippen LogP contribution is -2.40.